The molecule has 0 aliphatic carbocycles. The first-order chi connectivity index (χ1) is 14.3. The molecule has 0 saturated carbocycles. The molecule has 0 aromatic heterocycles. The molecule has 0 saturated heterocycles. The van der Waals surface area contributed by atoms with Crippen molar-refractivity contribution in [2.45, 2.75) is 78.1 Å². The van der Waals surface area contributed by atoms with E-state index in [-0.39, 0.29) is 0 Å². The van der Waals surface area contributed by atoms with Gasteiger partial charge in [0.25, 0.3) is 0 Å². The van der Waals surface area contributed by atoms with Crippen molar-refractivity contribution in [3.05, 3.63) is 60.7 Å². The number of hydrogen-bond donors (Lipinski definition) is 0. The summed E-state index contributed by atoms with van der Waals surface area (Å²) in [6, 6.07) is 20.7. The summed E-state index contributed by atoms with van der Waals surface area (Å²) in [6.45, 7) is 4.50. The van der Waals surface area contributed by atoms with Crippen LogP contribution in [0, 0.1) is 0 Å². The van der Waals surface area contributed by atoms with E-state index in [0.29, 0.717) is 0 Å². The van der Waals surface area contributed by atoms with Crippen LogP contribution in [-0.2, 0) is 15.7 Å². The van der Waals surface area contributed by atoms with E-state index in [9.17, 15) is 0 Å². The average molecular weight is 435 g/mol. The summed E-state index contributed by atoms with van der Waals surface area (Å²) in [5.41, 5.74) is 4.46. The third-order valence-corrected chi connectivity index (χ3v) is 5.60. The second kappa shape index (κ2) is 14.3. The Bertz CT molecular complexity index is 751. The van der Waals surface area contributed by atoms with Crippen molar-refractivity contribution < 1.29 is 19.3 Å². The van der Waals surface area contributed by atoms with Crippen LogP contribution >= 0.6 is 0 Å². The van der Waals surface area contributed by atoms with Crippen LogP contribution in [0.15, 0.2) is 65.7 Å². The molecule has 0 amide bonds. The number of para-hydroxylation sites is 2. The van der Waals surface area contributed by atoms with Crippen LogP contribution in [0.25, 0.3) is 0 Å². The Balaban J connectivity index is 2.30. The minimum absolute atomic E-state index is 0.975. The van der Waals surface area contributed by atoms with E-state index < -0.39 is 0 Å². The van der Waals surface area contributed by atoms with Gasteiger partial charge >= 0.3 is 186 Å². The third kappa shape index (κ3) is 8.66. The number of aliphatic imine (C=N–C) groups is 1. The Kier molecular flexibility index (Phi) is 11.6. The molecule has 29 heavy (non-hydrogen) atoms. The molecule has 0 aliphatic rings. The molecule has 0 atom stereocenters. The molecule has 0 heterocycles. The molecule has 0 N–H and O–H groups in total. The maximum absolute atomic E-state index is 5.53. The van der Waals surface area contributed by atoms with Crippen molar-refractivity contribution in [2.75, 3.05) is 0 Å². The quantitative estimate of drug-likeness (QED) is 0.172. The summed E-state index contributed by atoms with van der Waals surface area (Å²) in [5, 5.41) is 0. The van der Waals surface area contributed by atoms with Crippen LogP contribution < -0.4 is 0 Å². The van der Waals surface area contributed by atoms with Gasteiger partial charge in [0.05, 0.1) is 0 Å². The standard InChI is InChI=1S/C26H36N2.Ni/c1-3-5-7-8-9-16-22-26(28-24-19-14-11-15-20-24)25(21-6-4-2)27-23-17-12-10-13-18-23;/h10-15,17-20H,3-9,16,21-22H2,1-2H3;/q;+1. The fraction of sp³-hybridized carbons (Fsp3) is 0.462. The topological polar surface area (TPSA) is 15.4 Å². The number of hydrogen-bond acceptors (Lipinski definition) is 1. The zero-order valence-electron chi connectivity index (χ0n) is 18.1. The number of unbranched alkanes of at least 4 members (excludes halogenated alkanes) is 6. The van der Waals surface area contributed by atoms with Crippen LogP contribution in [0.3, 0.4) is 0 Å². The van der Waals surface area contributed by atoms with Gasteiger partial charge in [-0.25, -0.2) is 0 Å². The van der Waals surface area contributed by atoms with Crippen LogP contribution in [0.4, 0.5) is 11.4 Å². The maximum atomic E-state index is 5.53. The summed E-state index contributed by atoms with van der Waals surface area (Å²) in [7, 11) is 0. The third-order valence-electron chi connectivity index (χ3n) is 5.07. The van der Waals surface area contributed by atoms with Crippen LogP contribution in [0.5, 0.6) is 0 Å². The van der Waals surface area contributed by atoms with Gasteiger partial charge in [-0.3, -0.25) is 0 Å². The van der Waals surface area contributed by atoms with E-state index in [2.05, 4.69) is 62.4 Å². The van der Waals surface area contributed by atoms with Gasteiger partial charge in [0.2, 0.25) is 0 Å². The monoisotopic (exact) mass is 434 g/mol. The number of rotatable bonds is 13. The first kappa shape index (κ1) is 23.6. The van der Waals surface area contributed by atoms with Gasteiger partial charge in [0.15, 0.2) is 0 Å². The molecule has 0 bridgehead atoms. The zero-order valence-corrected chi connectivity index (χ0v) is 19.0. The van der Waals surface area contributed by atoms with Crippen molar-refractivity contribution in [1.29, 1.82) is 0 Å². The van der Waals surface area contributed by atoms with Gasteiger partial charge < -0.3 is 0 Å². The molecular formula is C26H36N2Ni+. The predicted octanol–water partition coefficient (Wildman–Crippen LogP) is 7.95. The normalized spacial score (nSPS) is 12.8. The predicted molar refractivity (Wildman–Crippen MR) is 122 cm³/mol. The molecule has 0 fully saturated rings. The van der Waals surface area contributed by atoms with Crippen LogP contribution in [-0.4, -0.2) is 15.1 Å². The van der Waals surface area contributed by atoms with E-state index in [1.807, 2.05) is 15.8 Å². The molecule has 3 heteroatoms. The van der Waals surface area contributed by atoms with Crippen molar-refractivity contribution in [1.82, 2.24) is 0 Å². The molecule has 159 valence electrons. The second-order valence-corrected chi connectivity index (χ2v) is 7.99. The molecule has 0 spiro atoms. The summed E-state index contributed by atoms with van der Waals surface area (Å²) in [6.07, 6.45) is 12.0. The Morgan fingerprint density at radius 2 is 1.31 bits per heavy atom. The van der Waals surface area contributed by atoms with Crippen molar-refractivity contribution >= 4 is 22.8 Å². The van der Waals surface area contributed by atoms with Gasteiger partial charge in [-0.15, -0.1) is 0 Å². The van der Waals surface area contributed by atoms with Crippen LogP contribution in [0.1, 0.15) is 78.1 Å². The van der Waals surface area contributed by atoms with Gasteiger partial charge in [0, 0.05) is 0 Å². The molecule has 2 aromatic rings. The number of benzene rings is 2. The molecule has 2 nitrogen and oxygen atoms in total. The minimum atomic E-state index is 0.975. The van der Waals surface area contributed by atoms with Crippen molar-refractivity contribution in [3.63, 3.8) is 0 Å². The van der Waals surface area contributed by atoms with Gasteiger partial charge in [-0.2, -0.15) is 0 Å². The first-order valence-electron chi connectivity index (χ1n) is 11.2. The second-order valence-electron chi connectivity index (χ2n) is 7.55. The molecule has 0 aliphatic heterocycles. The Morgan fingerprint density at radius 3 is 1.97 bits per heavy atom. The average Bonchev–Trinajstić information content (AvgIpc) is 2.77. The number of nitrogens with zero attached hydrogens (tertiary/aromatic N) is 2. The van der Waals surface area contributed by atoms with E-state index >= 15 is 0 Å². The fourth-order valence-electron chi connectivity index (χ4n) is 3.39. The van der Waals surface area contributed by atoms with Gasteiger partial charge in [-0.1, -0.05) is 0 Å². The Labute approximate surface area is 185 Å². The van der Waals surface area contributed by atoms with Crippen LogP contribution in [0.2, 0.25) is 0 Å². The summed E-state index contributed by atoms with van der Waals surface area (Å²) < 4.78 is 1.99. The zero-order chi connectivity index (χ0) is 20.7. The van der Waals surface area contributed by atoms with Crippen molar-refractivity contribution in [3.8, 4) is 0 Å². The Morgan fingerprint density at radius 1 is 0.724 bits per heavy atom. The molecule has 2 rings (SSSR count). The molecular weight excluding hydrogens is 399 g/mol. The molecule has 0 unspecified atom stereocenters. The summed E-state index contributed by atoms with van der Waals surface area (Å²) >= 11 is 5.53. The molecule has 0 radical (unpaired) electrons. The van der Waals surface area contributed by atoms with E-state index in [0.717, 1.165) is 42.8 Å². The molecule has 2 aromatic carbocycles. The van der Waals surface area contributed by atoms with E-state index in [1.54, 1.807) is 0 Å². The summed E-state index contributed by atoms with van der Waals surface area (Å²) in [5.74, 6) is 0. The van der Waals surface area contributed by atoms with E-state index in [1.165, 1.54) is 44.2 Å². The van der Waals surface area contributed by atoms with Crippen molar-refractivity contribution in [2.24, 2.45) is 4.99 Å². The Hall–Kier alpha value is -1.73. The van der Waals surface area contributed by atoms with Gasteiger partial charge in [0.1, 0.15) is 0 Å². The summed E-state index contributed by atoms with van der Waals surface area (Å²) in [4.78, 5) is 5.05. The van der Waals surface area contributed by atoms with E-state index in [4.69, 9.17) is 20.7 Å². The van der Waals surface area contributed by atoms with Gasteiger partial charge in [-0.05, 0) is 0 Å². The first-order valence-corrected chi connectivity index (χ1v) is 11.7. The fourth-order valence-corrected chi connectivity index (χ4v) is 3.77. The SMILES string of the molecule is CCCCCCCCC(C(CCCC)=Nc1ccccc1)=[N+]([Ni])c1ccccc1.